The number of benzene rings is 1. The lowest BCUT2D eigenvalue weighted by molar-refractivity contribution is 0.526. The number of hydrogen-bond acceptors (Lipinski definition) is 2. The Kier molecular flexibility index (Phi) is 5.18. The van der Waals surface area contributed by atoms with Gasteiger partial charge in [0.1, 0.15) is 5.82 Å². The summed E-state index contributed by atoms with van der Waals surface area (Å²) < 4.78 is 14.3. The lowest BCUT2D eigenvalue weighted by Gasteiger charge is -2.32. The molecule has 0 saturated heterocycles. The average molecular weight is 276 g/mol. The van der Waals surface area contributed by atoms with Gasteiger partial charge < -0.3 is 10.2 Å². The van der Waals surface area contributed by atoms with E-state index in [9.17, 15) is 4.39 Å². The van der Waals surface area contributed by atoms with Crippen molar-refractivity contribution in [2.75, 3.05) is 24.5 Å². The third-order valence-electron chi connectivity index (χ3n) is 3.84. The van der Waals surface area contributed by atoms with Crippen molar-refractivity contribution in [3.05, 3.63) is 41.2 Å². The van der Waals surface area contributed by atoms with Crippen LogP contribution in [0, 0.1) is 5.82 Å². The molecule has 0 amide bonds. The summed E-state index contributed by atoms with van der Waals surface area (Å²) in [4.78, 5) is 2.29. The van der Waals surface area contributed by atoms with E-state index in [1.165, 1.54) is 5.57 Å². The lowest BCUT2D eigenvalue weighted by Crippen LogP contribution is -2.32. The third kappa shape index (κ3) is 3.40. The van der Waals surface area contributed by atoms with Gasteiger partial charge in [-0.1, -0.05) is 24.6 Å². The van der Waals surface area contributed by atoms with Gasteiger partial charge in [-0.25, -0.2) is 4.39 Å². The molecular weight excluding hydrogens is 251 g/mol. The molecule has 20 heavy (non-hydrogen) atoms. The Morgan fingerprint density at radius 1 is 1.40 bits per heavy atom. The third-order valence-corrected chi connectivity index (χ3v) is 3.84. The van der Waals surface area contributed by atoms with E-state index in [4.69, 9.17) is 0 Å². The van der Waals surface area contributed by atoms with E-state index in [0.717, 1.165) is 43.7 Å². The van der Waals surface area contributed by atoms with Crippen molar-refractivity contribution in [2.45, 2.75) is 39.7 Å². The van der Waals surface area contributed by atoms with Crippen LogP contribution in [0.4, 0.5) is 10.1 Å². The van der Waals surface area contributed by atoms with Crippen LogP contribution in [0.25, 0.3) is 0 Å². The van der Waals surface area contributed by atoms with Gasteiger partial charge in [-0.05, 0) is 45.4 Å². The van der Waals surface area contributed by atoms with Crippen LogP contribution in [0.3, 0.4) is 0 Å². The fraction of sp³-hybridized carbons (Fsp3) is 0.529. The molecule has 3 heteroatoms. The summed E-state index contributed by atoms with van der Waals surface area (Å²) in [5.74, 6) is -0.106. The molecule has 0 radical (unpaired) electrons. The molecule has 0 spiro atoms. The molecule has 1 aromatic rings. The lowest BCUT2D eigenvalue weighted by atomic mass is 10.0. The summed E-state index contributed by atoms with van der Waals surface area (Å²) >= 11 is 0. The predicted octanol–water partition coefficient (Wildman–Crippen LogP) is 4.04. The van der Waals surface area contributed by atoms with Gasteiger partial charge in [0, 0.05) is 30.4 Å². The molecule has 0 aromatic heterocycles. The number of hydrogen-bond donors (Lipinski definition) is 1. The topological polar surface area (TPSA) is 15.3 Å². The van der Waals surface area contributed by atoms with Crippen LogP contribution in [0.15, 0.2) is 29.8 Å². The van der Waals surface area contributed by atoms with Gasteiger partial charge >= 0.3 is 0 Å². The Balaban J connectivity index is 2.28. The molecule has 2 rings (SSSR count). The molecule has 1 aliphatic heterocycles. The summed E-state index contributed by atoms with van der Waals surface area (Å²) in [7, 11) is 0. The highest BCUT2D eigenvalue weighted by Gasteiger charge is 2.20. The zero-order chi connectivity index (χ0) is 14.5. The first kappa shape index (κ1) is 15.0. The van der Waals surface area contributed by atoms with Gasteiger partial charge in [-0.3, -0.25) is 0 Å². The van der Waals surface area contributed by atoms with Crippen LogP contribution in [-0.4, -0.2) is 19.6 Å². The summed E-state index contributed by atoms with van der Waals surface area (Å²) in [6, 6.07) is 5.46. The molecule has 1 heterocycles. The van der Waals surface area contributed by atoms with Gasteiger partial charge in [0.05, 0.1) is 0 Å². The maximum atomic E-state index is 14.3. The average Bonchev–Trinajstić information content (AvgIpc) is 2.44. The van der Waals surface area contributed by atoms with Crippen LogP contribution >= 0.6 is 0 Å². The van der Waals surface area contributed by atoms with Gasteiger partial charge in [0.15, 0.2) is 0 Å². The quantitative estimate of drug-likeness (QED) is 0.816. The second-order valence-corrected chi connectivity index (χ2v) is 5.61. The summed E-state index contributed by atoms with van der Waals surface area (Å²) in [6.07, 6.45) is 4.37. The SMILES string of the molecule is CCCNC(C)c1c(F)cccc1N1CCC=C(C)C1. The van der Waals surface area contributed by atoms with Crippen molar-refractivity contribution in [1.82, 2.24) is 5.32 Å². The predicted molar refractivity (Wildman–Crippen MR) is 83.7 cm³/mol. The Morgan fingerprint density at radius 2 is 2.20 bits per heavy atom. The Labute approximate surface area is 121 Å². The molecule has 1 aliphatic rings. The minimum absolute atomic E-state index is 0.0392. The fourth-order valence-electron chi connectivity index (χ4n) is 2.81. The van der Waals surface area contributed by atoms with E-state index in [1.54, 1.807) is 6.07 Å². The molecule has 0 aliphatic carbocycles. The van der Waals surface area contributed by atoms with Crippen molar-refractivity contribution in [2.24, 2.45) is 0 Å². The number of nitrogens with zero attached hydrogens (tertiary/aromatic N) is 1. The standard InChI is InChI=1S/C17H25FN2/c1-4-10-19-14(3)17-15(18)8-5-9-16(17)20-11-6-7-13(2)12-20/h5,7-9,14,19H,4,6,10-12H2,1-3H3. The van der Waals surface area contributed by atoms with Crippen molar-refractivity contribution in [3.8, 4) is 0 Å². The molecule has 2 nitrogen and oxygen atoms in total. The van der Waals surface area contributed by atoms with Crippen LogP contribution in [0.2, 0.25) is 0 Å². The molecule has 0 saturated carbocycles. The fourth-order valence-corrected chi connectivity index (χ4v) is 2.81. The van der Waals surface area contributed by atoms with Crippen LogP contribution in [0.5, 0.6) is 0 Å². The maximum absolute atomic E-state index is 14.3. The maximum Gasteiger partial charge on any atom is 0.130 e. The van der Waals surface area contributed by atoms with E-state index < -0.39 is 0 Å². The van der Waals surface area contributed by atoms with Gasteiger partial charge in [-0.15, -0.1) is 0 Å². The normalized spacial score (nSPS) is 17.0. The Hall–Kier alpha value is -1.35. The minimum atomic E-state index is -0.106. The molecule has 1 unspecified atom stereocenters. The molecule has 0 fully saturated rings. The summed E-state index contributed by atoms with van der Waals surface area (Å²) in [5.41, 5.74) is 3.20. The number of anilines is 1. The second-order valence-electron chi connectivity index (χ2n) is 5.61. The second kappa shape index (κ2) is 6.89. The van der Waals surface area contributed by atoms with E-state index in [-0.39, 0.29) is 11.9 Å². The van der Waals surface area contributed by atoms with Gasteiger partial charge in [0.2, 0.25) is 0 Å². The van der Waals surface area contributed by atoms with Crippen LogP contribution in [0.1, 0.15) is 45.2 Å². The summed E-state index contributed by atoms with van der Waals surface area (Å²) in [5, 5.41) is 3.40. The van der Waals surface area contributed by atoms with Crippen LogP contribution in [-0.2, 0) is 0 Å². The molecular formula is C17H25FN2. The first-order chi connectivity index (χ1) is 9.63. The molecule has 110 valence electrons. The van der Waals surface area contributed by atoms with Gasteiger partial charge in [0.25, 0.3) is 0 Å². The highest BCUT2D eigenvalue weighted by molar-refractivity contribution is 5.57. The largest absolute Gasteiger partial charge is 0.367 e. The number of nitrogens with one attached hydrogen (secondary N) is 1. The highest BCUT2D eigenvalue weighted by Crippen LogP contribution is 2.30. The monoisotopic (exact) mass is 276 g/mol. The highest BCUT2D eigenvalue weighted by atomic mass is 19.1. The number of halogens is 1. The van der Waals surface area contributed by atoms with Crippen molar-refractivity contribution < 1.29 is 4.39 Å². The van der Waals surface area contributed by atoms with Crippen molar-refractivity contribution in [1.29, 1.82) is 0 Å². The van der Waals surface area contributed by atoms with E-state index in [1.807, 2.05) is 19.1 Å². The molecule has 1 atom stereocenters. The Morgan fingerprint density at radius 3 is 2.90 bits per heavy atom. The zero-order valence-electron chi connectivity index (χ0n) is 12.7. The first-order valence-electron chi connectivity index (χ1n) is 7.55. The smallest absolute Gasteiger partial charge is 0.130 e. The van der Waals surface area contributed by atoms with E-state index in [0.29, 0.717) is 0 Å². The van der Waals surface area contributed by atoms with Crippen LogP contribution < -0.4 is 10.2 Å². The van der Waals surface area contributed by atoms with E-state index >= 15 is 0 Å². The van der Waals surface area contributed by atoms with Gasteiger partial charge in [-0.2, -0.15) is 0 Å². The molecule has 1 aromatic carbocycles. The first-order valence-corrected chi connectivity index (χ1v) is 7.55. The molecule has 1 N–H and O–H groups in total. The summed E-state index contributed by atoms with van der Waals surface area (Å²) in [6.45, 7) is 9.09. The Bertz CT molecular complexity index is 482. The van der Waals surface area contributed by atoms with E-state index in [2.05, 4.69) is 30.1 Å². The number of rotatable bonds is 5. The minimum Gasteiger partial charge on any atom is -0.367 e. The van der Waals surface area contributed by atoms with Crippen molar-refractivity contribution >= 4 is 5.69 Å². The van der Waals surface area contributed by atoms with Crippen molar-refractivity contribution in [3.63, 3.8) is 0 Å². The zero-order valence-corrected chi connectivity index (χ0v) is 12.7. The molecule has 0 bridgehead atoms.